The van der Waals surface area contributed by atoms with Crippen LogP contribution in [0.1, 0.15) is 30.3 Å². The largest absolute Gasteiger partial charge is 0.324 e. The lowest BCUT2D eigenvalue weighted by molar-refractivity contribution is 0.615. The third-order valence-corrected chi connectivity index (χ3v) is 4.56. The van der Waals surface area contributed by atoms with Crippen LogP contribution in [-0.4, -0.2) is 14.8 Å². The summed E-state index contributed by atoms with van der Waals surface area (Å²) in [5.41, 5.74) is 6.17. The first-order chi connectivity index (χ1) is 9.70. The summed E-state index contributed by atoms with van der Waals surface area (Å²) in [7, 11) is 0. The molecule has 0 aliphatic heterocycles. The first kappa shape index (κ1) is 13.9. The molecule has 0 amide bonds. The van der Waals surface area contributed by atoms with Crippen molar-refractivity contribution >= 4 is 23.4 Å². The maximum Gasteiger partial charge on any atom is 0.191 e. The second-order valence-electron chi connectivity index (χ2n) is 4.69. The van der Waals surface area contributed by atoms with E-state index in [1.54, 1.807) is 12.1 Å². The average Bonchev–Trinajstić information content (AvgIpc) is 3.19. The van der Waals surface area contributed by atoms with E-state index in [0.717, 1.165) is 23.8 Å². The van der Waals surface area contributed by atoms with E-state index in [2.05, 4.69) is 14.8 Å². The second kappa shape index (κ2) is 5.71. The van der Waals surface area contributed by atoms with Gasteiger partial charge in [-0.05, 0) is 25.0 Å². The molecule has 1 aliphatic carbocycles. The summed E-state index contributed by atoms with van der Waals surface area (Å²) >= 11 is 7.47. The molecule has 1 fully saturated rings. The van der Waals surface area contributed by atoms with Gasteiger partial charge in [0.1, 0.15) is 11.6 Å². The number of halogens is 2. The van der Waals surface area contributed by atoms with Crippen LogP contribution in [0.25, 0.3) is 0 Å². The molecule has 20 heavy (non-hydrogen) atoms. The normalized spacial score (nSPS) is 14.8. The minimum atomic E-state index is -0.290. The fraction of sp³-hybridized carbons (Fsp3) is 0.385. The zero-order chi connectivity index (χ0) is 14.1. The van der Waals surface area contributed by atoms with E-state index in [1.165, 1.54) is 17.8 Å². The highest BCUT2D eigenvalue weighted by atomic mass is 35.5. The number of thioether (sulfide) groups is 1. The summed E-state index contributed by atoms with van der Waals surface area (Å²) in [4.78, 5) is 0. The van der Waals surface area contributed by atoms with E-state index in [4.69, 9.17) is 17.3 Å². The van der Waals surface area contributed by atoms with Crippen LogP contribution in [0.15, 0.2) is 23.4 Å². The van der Waals surface area contributed by atoms with Crippen LogP contribution in [0, 0.1) is 5.82 Å². The Morgan fingerprint density at radius 2 is 2.20 bits per heavy atom. The van der Waals surface area contributed by atoms with Crippen molar-refractivity contribution < 1.29 is 4.39 Å². The molecular formula is C13H14ClFN4S. The lowest BCUT2D eigenvalue weighted by Crippen LogP contribution is -2.08. The summed E-state index contributed by atoms with van der Waals surface area (Å²) in [6.07, 6.45) is 2.25. The Morgan fingerprint density at radius 3 is 2.85 bits per heavy atom. The Balaban J connectivity index is 1.80. The topological polar surface area (TPSA) is 56.7 Å². The van der Waals surface area contributed by atoms with Crippen LogP contribution in [0.4, 0.5) is 4.39 Å². The zero-order valence-corrected chi connectivity index (χ0v) is 12.3. The number of nitrogens with zero attached hydrogens (tertiary/aromatic N) is 3. The Labute approximate surface area is 125 Å². The molecule has 106 valence electrons. The molecule has 0 saturated heterocycles. The van der Waals surface area contributed by atoms with Gasteiger partial charge in [-0.3, -0.25) is 0 Å². The molecule has 2 aromatic rings. The highest BCUT2D eigenvalue weighted by molar-refractivity contribution is 7.98. The van der Waals surface area contributed by atoms with Crippen LogP contribution in [0.2, 0.25) is 5.02 Å². The first-order valence-corrected chi connectivity index (χ1v) is 7.76. The van der Waals surface area contributed by atoms with Gasteiger partial charge in [0.15, 0.2) is 5.16 Å². The van der Waals surface area contributed by atoms with Crippen molar-refractivity contribution in [2.24, 2.45) is 5.73 Å². The first-order valence-electron chi connectivity index (χ1n) is 6.40. The molecule has 1 aromatic carbocycles. The standard InChI is InChI=1S/C13H14ClFN4S/c14-10-2-1-3-11(15)9(10)7-20-13-18-17-12(6-16)19(13)8-4-5-8/h1-3,8H,4-7,16H2. The van der Waals surface area contributed by atoms with Crippen molar-refractivity contribution in [1.29, 1.82) is 0 Å². The quantitative estimate of drug-likeness (QED) is 0.862. The highest BCUT2D eigenvalue weighted by Crippen LogP contribution is 2.39. The molecule has 0 spiro atoms. The van der Waals surface area contributed by atoms with E-state index < -0.39 is 0 Å². The predicted octanol–water partition coefficient (Wildman–Crippen LogP) is 3.16. The van der Waals surface area contributed by atoms with Gasteiger partial charge in [-0.1, -0.05) is 29.4 Å². The molecule has 0 bridgehead atoms. The number of rotatable bonds is 5. The van der Waals surface area contributed by atoms with Gasteiger partial charge >= 0.3 is 0 Å². The number of benzene rings is 1. The van der Waals surface area contributed by atoms with E-state index >= 15 is 0 Å². The average molecular weight is 313 g/mol. The van der Waals surface area contributed by atoms with Gasteiger partial charge in [0.05, 0.1) is 6.54 Å². The molecule has 1 heterocycles. The minimum Gasteiger partial charge on any atom is -0.324 e. The molecule has 1 saturated carbocycles. The Hall–Kier alpha value is -1.11. The van der Waals surface area contributed by atoms with Crippen LogP contribution >= 0.6 is 23.4 Å². The SMILES string of the molecule is NCc1nnc(SCc2c(F)cccc2Cl)n1C1CC1. The molecule has 1 aliphatic rings. The molecule has 7 heteroatoms. The van der Waals surface area contributed by atoms with Crippen LogP contribution in [0.5, 0.6) is 0 Å². The summed E-state index contributed by atoms with van der Waals surface area (Å²) < 4.78 is 15.8. The zero-order valence-electron chi connectivity index (χ0n) is 10.7. The number of hydrogen-bond acceptors (Lipinski definition) is 4. The molecular weight excluding hydrogens is 299 g/mol. The summed E-state index contributed by atoms with van der Waals surface area (Å²) in [6.45, 7) is 0.366. The van der Waals surface area contributed by atoms with Gasteiger partial charge in [0, 0.05) is 22.4 Å². The third-order valence-electron chi connectivity index (χ3n) is 3.24. The molecule has 4 nitrogen and oxygen atoms in total. The number of nitrogens with two attached hydrogens (primary N) is 1. The fourth-order valence-corrected chi connectivity index (χ4v) is 3.42. The van der Waals surface area contributed by atoms with E-state index in [-0.39, 0.29) is 5.82 Å². The molecule has 0 unspecified atom stereocenters. The van der Waals surface area contributed by atoms with Gasteiger partial charge in [-0.2, -0.15) is 0 Å². The molecule has 2 N–H and O–H groups in total. The van der Waals surface area contributed by atoms with Crippen LogP contribution < -0.4 is 5.73 Å². The van der Waals surface area contributed by atoms with Crippen molar-refractivity contribution in [3.63, 3.8) is 0 Å². The fourth-order valence-electron chi connectivity index (χ4n) is 2.05. The summed E-state index contributed by atoms with van der Waals surface area (Å²) in [5, 5.41) is 9.47. The predicted molar refractivity (Wildman–Crippen MR) is 77.2 cm³/mol. The summed E-state index contributed by atoms with van der Waals surface area (Å²) in [5.74, 6) is 0.928. The third kappa shape index (κ3) is 2.68. The van der Waals surface area contributed by atoms with E-state index in [0.29, 0.717) is 28.9 Å². The van der Waals surface area contributed by atoms with Crippen molar-refractivity contribution in [2.45, 2.75) is 36.3 Å². The number of hydrogen-bond donors (Lipinski definition) is 1. The van der Waals surface area contributed by atoms with Gasteiger partial charge in [0.2, 0.25) is 0 Å². The van der Waals surface area contributed by atoms with Crippen molar-refractivity contribution in [3.05, 3.63) is 40.4 Å². The maximum atomic E-state index is 13.7. The van der Waals surface area contributed by atoms with Crippen LogP contribution in [-0.2, 0) is 12.3 Å². The van der Waals surface area contributed by atoms with Crippen molar-refractivity contribution in [1.82, 2.24) is 14.8 Å². The highest BCUT2D eigenvalue weighted by Gasteiger charge is 2.29. The van der Waals surface area contributed by atoms with Gasteiger partial charge < -0.3 is 10.3 Å². The van der Waals surface area contributed by atoms with Crippen molar-refractivity contribution in [2.75, 3.05) is 0 Å². The smallest absolute Gasteiger partial charge is 0.191 e. The Kier molecular flexibility index (Phi) is 3.96. The molecule has 0 atom stereocenters. The Bertz CT molecular complexity index is 607. The van der Waals surface area contributed by atoms with Gasteiger partial charge in [-0.25, -0.2) is 4.39 Å². The minimum absolute atomic E-state index is 0.290. The van der Waals surface area contributed by atoms with Gasteiger partial charge in [0.25, 0.3) is 0 Å². The molecule has 3 rings (SSSR count). The second-order valence-corrected chi connectivity index (χ2v) is 6.04. The van der Waals surface area contributed by atoms with Gasteiger partial charge in [-0.15, -0.1) is 10.2 Å². The maximum absolute atomic E-state index is 13.7. The molecule has 1 aromatic heterocycles. The van der Waals surface area contributed by atoms with E-state index in [9.17, 15) is 4.39 Å². The Morgan fingerprint density at radius 1 is 1.40 bits per heavy atom. The number of aromatic nitrogens is 3. The van der Waals surface area contributed by atoms with Crippen molar-refractivity contribution in [3.8, 4) is 0 Å². The van der Waals surface area contributed by atoms with E-state index in [1.807, 2.05) is 0 Å². The lowest BCUT2D eigenvalue weighted by atomic mass is 10.2. The van der Waals surface area contributed by atoms with Crippen LogP contribution in [0.3, 0.4) is 0 Å². The molecule has 0 radical (unpaired) electrons. The monoisotopic (exact) mass is 312 g/mol. The lowest BCUT2D eigenvalue weighted by Gasteiger charge is -2.08. The summed E-state index contributed by atoms with van der Waals surface area (Å²) in [6, 6.07) is 5.16.